The second-order valence-corrected chi connectivity index (χ2v) is 5.42. The maximum Gasteiger partial charge on any atom is 0.380 e. The summed E-state index contributed by atoms with van der Waals surface area (Å²) < 4.78 is 21.8. The van der Waals surface area contributed by atoms with Crippen LogP contribution in [0.4, 0.5) is 4.39 Å². The number of pyridine rings is 1. The van der Waals surface area contributed by atoms with E-state index in [1.54, 1.807) is 6.07 Å². The molecule has 0 N–H and O–H groups in total. The molecular formula is C19H11FNO+. The van der Waals surface area contributed by atoms with Gasteiger partial charge in [0, 0.05) is 11.6 Å². The molecule has 0 unspecified atom stereocenters. The minimum absolute atomic E-state index is 0.222. The molecule has 0 amide bonds. The summed E-state index contributed by atoms with van der Waals surface area (Å²) in [7, 11) is 0. The first kappa shape index (κ1) is 11.7. The molecule has 0 saturated heterocycles. The van der Waals surface area contributed by atoms with Crippen molar-refractivity contribution in [1.82, 2.24) is 0 Å². The Hall–Kier alpha value is -2.94. The van der Waals surface area contributed by atoms with Crippen molar-refractivity contribution in [3.8, 4) is 33.8 Å². The highest BCUT2D eigenvalue weighted by atomic mass is 19.1. The summed E-state index contributed by atoms with van der Waals surface area (Å²) in [6, 6.07) is 20.8. The monoisotopic (exact) mass is 288 g/mol. The van der Waals surface area contributed by atoms with Gasteiger partial charge in [-0.15, -0.1) is 4.40 Å². The van der Waals surface area contributed by atoms with Crippen LogP contribution in [0.1, 0.15) is 0 Å². The number of oxazole rings is 1. The molecule has 3 heterocycles. The molecule has 0 radical (unpaired) electrons. The number of nitrogens with zero attached hydrogens (tertiary/aromatic N) is 1. The van der Waals surface area contributed by atoms with Crippen molar-refractivity contribution in [2.24, 2.45) is 0 Å². The van der Waals surface area contributed by atoms with Crippen LogP contribution in [0.25, 0.3) is 39.6 Å². The van der Waals surface area contributed by atoms with Crippen molar-refractivity contribution in [1.29, 1.82) is 0 Å². The summed E-state index contributed by atoms with van der Waals surface area (Å²) in [6.45, 7) is 0. The first-order valence-corrected chi connectivity index (χ1v) is 7.16. The first-order valence-electron chi connectivity index (χ1n) is 7.16. The Balaban J connectivity index is 1.94. The van der Waals surface area contributed by atoms with Crippen LogP contribution in [0.5, 0.6) is 0 Å². The lowest BCUT2D eigenvalue weighted by molar-refractivity contribution is -0.485. The van der Waals surface area contributed by atoms with Crippen molar-refractivity contribution in [2.75, 3.05) is 0 Å². The largest absolute Gasteiger partial charge is 0.397 e. The standard InChI is InChI=1S/C19H11FNO/c20-13-9-10-14-15(11-13)16-7-4-8-17-21(16)18(14)19(22-17)12-5-2-1-3-6-12/h1-11H/q+1. The first-order chi connectivity index (χ1) is 10.8. The van der Waals surface area contributed by atoms with Crippen LogP contribution in [0, 0.1) is 5.82 Å². The fraction of sp³-hybridized carbons (Fsp3) is 0. The predicted octanol–water partition coefficient (Wildman–Crippen LogP) is 4.47. The molecule has 5 rings (SSSR count). The van der Waals surface area contributed by atoms with Crippen LogP contribution in [0.2, 0.25) is 0 Å². The van der Waals surface area contributed by atoms with E-state index in [0.717, 1.165) is 39.6 Å². The molecule has 22 heavy (non-hydrogen) atoms. The maximum atomic E-state index is 13.7. The van der Waals surface area contributed by atoms with E-state index in [-0.39, 0.29) is 5.82 Å². The fourth-order valence-electron chi connectivity index (χ4n) is 3.23. The average molecular weight is 288 g/mol. The third-order valence-corrected chi connectivity index (χ3v) is 4.15. The third kappa shape index (κ3) is 1.40. The van der Waals surface area contributed by atoms with Gasteiger partial charge in [0.1, 0.15) is 5.82 Å². The topological polar surface area (TPSA) is 17.2 Å². The Morgan fingerprint density at radius 3 is 2.55 bits per heavy atom. The highest BCUT2D eigenvalue weighted by Crippen LogP contribution is 2.41. The van der Waals surface area contributed by atoms with Gasteiger partial charge in [0.05, 0.1) is 17.2 Å². The molecule has 0 bridgehead atoms. The van der Waals surface area contributed by atoms with E-state index < -0.39 is 0 Å². The van der Waals surface area contributed by atoms with Crippen molar-refractivity contribution in [2.45, 2.75) is 0 Å². The van der Waals surface area contributed by atoms with Gasteiger partial charge < -0.3 is 4.42 Å². The number of aromatic nitrogens is 1. The minimum atomic E-state index is -0.222. The Kier molecular flexibility index (Phi) is 2.15. The van der Waals surface area contributed by atoms with E-state index in [2.05, 4.69) is 4.40 Å². The van der Waals surface area contributed by atoms with Gasteiger partial charge in [-0.2, -0.15) is 0 Å². The molecule has 0 saturated carbocycles. The smallest absolute Gasteiger partial charge is 0.380 e. The molecule has 2 nitrogen and oxygen atoms in total. The molecular weight excluding hydrogens is 277 g/mol. The van der Waals surface area contributed by atoms with Gasteiger partial charge in [-0.1, -0.05) is 30.3 Å². The summed E-state index contributed by atoms with van der Waals surface area (Å²) in [5, 5.41) is 0. The van der Waals surface area contributed by atoms with Gasteiger partial charge in [0.15, 0.2) is 0 Å². The molecule has 0 aliphatic carbocycles. The normalized spacial score (nSPS) is 11.9. The number of hydrogen-bond donors (Lipinski definition) is 0. The molecule has 2 aromatic carbocycles. The number of fused-ring (bicyclic) bond motifs is 3. The summed E-state index contributed by atoms with van der Waals surface area (Å²) in [4.78, 5) is 0. The molecule has 104 valence electrons. The highest BCUT2D eigenvalue weighted by Gasteiger charge is 2.37. The highest BCUT2D eigenvalue weighted by molar-refractivity contribution is 5.88. The van der Waals surface area contributed by atoms with E-state index in [4.69, 9.17) is 4.42 Å². The lowest BCUT2D eigenvalue weighted by Gasteiger charge is -1.98. The van der Waals surface area contributed by atoms with E-state index in [1.165, 1.54) is 6.07 Å². The quantitative estimate of drug-likeness (QED) is 0.416. The minimum Gasteiger partial charge on any atom is -0.397 e. The fourth-order valence-corrected chi connectivity index (χ4v) is 3.23. The molecule has 0 atom stereocenters. The van der Waals surface area contributed by atoms with E-state index in [0.29, 0.717) is 0 Å². The summed E-state index contributed by atoms with van der Waals surface area (Å²) in [5.74, 6) is 0.595. The summed E-state index contributed by atoms with van der Waals surface area (Å²) >= 11 is 0. The number of rotatable bonds is 1. The van der Waals surface area contributed by atoms with Gasteiger partial charge in [-0.05, 0) is 24.3 Å². The number of hydrogen-bond acceptors (Lipinski definition) is 1. The summed E-state index contributed by atoms with van der Waals surface area (Å²) in [6.07, 6.45) is 0. The Bertz CT molecular complexity index is 1030. The SMILES string of the molecule is Fc1ccc2c(c1)-c1cccc3oc(-c4ccccc4)c-2[n+]13. The van der Waals surface area contributed by atoms with E-state index in [9.17, 15) is 4.39 Å². The zero-order valence-corrected chi connectivity index (χ0v) is 11.6. The molecule has 3 heteroatoms. The second kappa shape index (κ2) is 4.04. The predicted molar refractivity (Wildman–Crippen MR) is 81.7 cm³/mol. The Morgan fingerprint density at radius 2 is 1.68 bits per heavy atom. The zero-order chi connectivity index (χ0) is 14.7. The van der Waals surface area contributed by atoms with Crippen LogP contribution in [0.15, 0.2) is 71.1 Å². The number of benzene rings is 2. The molecule has 1 aliphatic heterocycles. The Morgan fingerprint density at radius 1 is 0.818 bits per heavy atom. The second-order valence-electron chi connectivity index (χ2n) is 5.42. The van der Waals surface area contributed by atoms with Crippen LogP contribution >= 0.6 is 0 Å². The third-order valence-electron chi connectivity index (χ3n) is 4.15. The van der Waals surface area contributed by atoms with Crippen LogP contribution < -0.4 is 4.40 Å². The van der Waals surface area contributed by atoms with E-state index >= 15 is 0 Å². The van der Waals surface area contributed by atoms with Gasteiger partial charge in [0.2, 0.25) is 11.5 Å². The lowest BCUT2D eigenvalue weighted by Crippen LogP contribution is -2.20. The van der Waals surface area contributed by atoms with Crippen molar-refractivity contribution < 1.29 is 13.2 Å². The van der Waals surface area contributed by atoms with Crippen LogP contribution in [-0.4, -0.2) is 0 Å². The lowest BCUT2D eigenvalue weighted by atomic mass is 10.0. The summed E-state index contributed by atoms with van der Waals surface area (Å²) in [5.41, 5.74) is 5.66. The van der Waals surface area contributed by atoms with Crippen molar-refractivity contribution in [3.63, 3.8) is 0 Å². The Labute approximate surface area is 126 Å². The van der Waals surface area contributed by atoms with Crippen molar-refractivity contribution in [3.05, 3.63) is 72.5 Å². The molecule has 2 aromatic heterocycles. The molecule has 1 aliphatic rings. The molecule has 0 fully saturated rings. The number of halogens is 1. The zero-order valence-electron chi connectivity index (χ0n) is 11.6. The van der Waals surface area contributed by atoms with Gasteiger partial charge in [-0.25, -0.2) is 4.39 Å². The molecule has 0 spiro atoms. The van der Waals surface area contributed by atoms with Crippen LogP contribution in [-0.2, 0) is 0 Å². The van der Waals surface area contributed by atoms with Crippen LogP contribution in [0.3, 0.4) is 0 Å². The van der Waals surface area contributed by atoms with E-state index in [1.807, 2.05) is 54.6 Å². The maximum absolute atomic E-state index is 13.7. The van der Waals surface area contributed by atoms with Gasteiger partial charge in [-0.3, -0.25) is 0 Å². The molecule has 4 aromatic rings. The average Bonchev–Trinajstić information content (AvgIpc) is 3.09. The van der Waals surface area contributed by atoms with Crippen molar-refractivity contribution >= 4 is 5.71 Å². The van der Waals surface area contributed by atoms with Gasteiger partial charge in [0.25, 0.3) is 5.69 Å². The van der Waals surface area contributed by atoms with Gasteiger partial charge >= 0.3 is 5.71 Å².